The van der Waals surface area contributed by atoms with E-state index in [2.05, 4.69) is 9.97 Å². The Kier molecular flexibility index (Phi) is 2.54. The largest absolute Gasteiger partial charge is 0.477 e. The molecule has 1 fully saturated rings. The molecule has 0 bridgehead atoms. The molecule has 0 unspecified atom stereocenters. The highest BCUT2D eigenvalue weighted by Crippen LogP contribution is 2.36. The van der Waals surface area contributed by atoms with Gasteiger partial charge in [-0.3, -0.25) is 0 Å². The molecular formula is C13H15N3O2. The minimum atomic E-state index is -0.923. The molecule has 1 N–H and O–H groups in total. The second kappa shape index (κ2) is 4.08. The van der Waals surface area contributed by atoms with Crippen LogP contribution in [0.5, 0.6) is 0 Å². The maximum Gasteiger partial charge on any atom is 0.352 e. The first-order chi connectivity index (χ1) is 8.68. The average Bonchev–Trinajstić information content (AvgIpc) is 2.97. The molecule has 2 aromatic rings. The van der Waals surface area contributed by atoms with Gasteiger partial charge in [-0.2, -0.15) is 0 Å². The van der Waals surface area contributed by atoms with Crippen LogP contribution in [0.15, 0.2) is 12.4 Å². The van der Waals surface area contributed by atoms with Gasteiger partial charge in [-0.1, -0.05) is 12.8 Å². The summed E-state index contributed by atoms with van der Waals surface area (Å²) < 4.78 is 1.62. The van der Waals surface area contributed by atoms with E-state index < -0.39 is 5.97 Å². The van der Waals surface area contributed by atoms with E-state index in [0.29, 0.717) is 11.6 Å². The molecule has 0 aliphatic heterocycles. The summed E-state index contributed by atoms with van der Waals surface area (Å²) >= 11 is 0. The number of carboxylic acids is 1. The Morgan fingerprint density at radius 1 is 1.39 bits per heavy atom. The SMILES string of the molecule is Cn1c(C(=O)O)cc2c(C3CCCC3)ncnc21. The first-order valence-electron chi connectivity index (χ1n) is 6.22. The molecule has 0 radical (unpaired) electrons. The first-order valence-corrected chi connectivity index (χ1v) is 6.22. The standard InChI is InChI=1S/C13H15N3O2/c1-16-10(13(17)18)6-9-11(8-4-2-3-5-8)14-7-15-12(9)16/h6-8H,2-5H2,1H3,(H,17,18). The number of nitrogens with zero attached hydrogens (tertiary/aromatic N) is 3. The predicted molar refractivity (Wildman–Crippen MR) is 66.7 cm³/mol. The van der Waals surface area contributed by atoms with Crippen LogP contribution in [0.1, 0.15) is 47.8 Å². The van der Waals surface area contributed by atoms with Crippen LogP contribution in [0.3, 0.4) is 0 Å². The molecule has 0 saturated heterocycles. The van der Waals surface area contributed by atoms with E-state index in [9.17, 15) is 4.79 Å². The number of aryl methyl sites for hydroxylation is 1. The molecular weight excluding hydrogens is 230 g/mol. The number of aromatic carboxylic acids is 1. The molecule has 2 aromatic heterocycles. The van der Waals surface area contributed by atoms with Crippen LogP contribution in [0, 0.1) is 0 Å². The zero-order valence-electron chi connectivity index (χ0n) is 10.3. The van der Waals surface area contributed by atoms with Crippen molar-refractivity contribution >= 4 is 17.0 Å². The summed E-state index contributed by atoms with van der Waals surface area (Å²) in [5, 5.41) is 10.0. The smallest absolute Gasteiger partial charge is 0.352 e. The molecule has 5 heteroatoms. The van der Waals surface area contributed by atoms with Gasteiger partial charge < -0.3 is 9.67 Å². The van der Waals surface area contributed by atoms with E-state index in [0.717, 1.165) is 23.9 Å². The second-order valence-electron chi connectivity index (χ2n) is 4.87. The minimum absolute atomic E-state index is 0.268. The van der Waals surface area contributed by atoms with Gasteiger partial charge in [0.05, 0.1) is 5.69 Å². The van der Waals surface area contributed by atoms with E-state index >= 15 is 0 Å². The highest BCUT2D eigenvalue weighted by Gasteiger charge is 2.23. The van der Waals surface area contributed by atoms with E-state index in [1.807, 2.05) is 0 Å². The number of carbonyl (C=O) groups is 1. The normalized spacial score (nSPS) is 16.5. The summed E-state index contributed by atoms with van der Waals surface area (Å²) in [6, 6.07) is 1.70. The lowest BCUT2D eigenvalue weighted by Crippen LogP contribution is -2.04. The lowest BCUT2D eigenvalue weighted by Gasteiger charge is -2.08. The fourth-order valence-electron chi connectivity index (χ4n) is 2.88. The van der Waals surface area contributed by atoms with Crippen molar-refractivity contribution in [3.05, 3.63) is 23.8 Å². The monoisotopic (exact) mass is 245 g/mol. The summed E-state index contributed by atoms with van der Waals surface area (Å²) in [7, 11) is 1.73. The molecule has 1 aliphatic carbocycles. The minimum Gasteiger partial charge on any atom is -0.477 e. The molecule has 1 aliphatic rings. The number of carboxylic acid groups (broad SMARTS) is 1. The highest BCUT2D eigenvalue weighted by molar-refractivity contribution is 5.94. The van der Waals surface area contributed by atoms with Gasteiger partial charge in [0.1, 0.15) is 17.7 Å². The van der Waals surface area contributed by atoms with Gasteiger partial charge in [0.2, 0.25) is 0 Å². The molecule has 0 amide bonds. The average molecular weight is 245 g/mol. The molecule has 5 nitrogen and oxygen atoms in total. The Balaban J connectivity index is 2.21. The van der Waals surface area contributed by atoms with Crippen LogP contribution < -0.4 is 0 Å². The maximum atomic E-state index is 11.2. The van der Waals surface area contributed by atoms with E-state index in [1.54, 1.807) is 24.0 Å². The third kappa shape index (κ3) is 1.58. The maximum absolute atomic E-state index is 11.2. The van der Waals surface area contributed by atoms with Crippen molar-refractivity contribution in [3.8, 4) is 0 Å². The lowest BCUT2D eigenvalue weighted by molar-refractivity contribution is 0.0687. The van der Waals surface area contributed by atoms with Crippen molar-refractivity contribution in [3.63, 3.8) is 0 Å². The van der Waals surface area contributed by atoms with Gasteiger partial charge in [-0.25, -0.2) is 14.8 Å². The first kappa shape index (κ1) is 11.2. The van der Waals surface area contributed by atoms with E-state index in [1.165, 1.54) is 12.8 Å². The number of rotatable bonds is 2. The molecule has 94 valence electrons. The Hall–Kier alpha value is -1.91. The molecule has 2 heterocycles. The van der Waals surface area contributed by atoms with Crippen molar-refractivity contribution in [2.24, 2.45) is 7.05 Å². The van der Waals surface area contributed by atoms with Crippen molar-refractivity contribution in [1.29, 1.82) is 0 Å². The van der Waals surface area contributed by atoms with Crippen LogP contribution in [-0.4, -0.2) is 25.6 Å². The third-order valence-corrected chi connectivity index (χ3v) is 3.81. The number of fused-ring (bicyclic) bond motifs is 1. The van der Waals surface area contributed by atoms with Gasteiger partial charge in [-0.05, 0) is 18.9 Å². The van der Waals surface area contributed by atoms with Gasteiger partial charge in [0, 0.05) is 18.4 Å². The fourth-order valence-corrected chi connectivity index (χ4v) is 2.88. The summed E-state index contributed by atoms with van der Waals surface area (Å²) in [6.07, 6.45) is 6.29. The Labute approximate surface area is 104 Å². The Bertz CT molecular complexity index is 612. The second-order valence-corrected chi connectivity index (χ2v) is 4.87. The van der Waals surface area contributed by atoms with Crippen LogP contribution in [0.2, 0.25) is 0 Å². The summed E-state index contributed by atoms with van der Waals surface area (Å²) in [4.78, 5) is 19.7. The molecule has 0 spiro atoms. The lowest BCUT2D eigenvalue weighted by atomic mass is 10.0. The van der Waals surface area contributed by atoms with Crippen LogP contribution in [0.25, 0.3) is 11.0 Å². The third-order valence-electron chi connectivity index (χ3n) is 3.81. The molecule has 18 heavy (non-hydrogen) atoms. The number of hydrogen-bond acceptors (Lipinski definition) is 3. The van der Waals surface area contributed by atoms with Gasteiger partial charge in [-0.15, -0.1) is 0 Å². The van der Waals surface area contributed by atoms with E-state index in [-0.39, 0.29) is 5.69 Å². The summed E-state index contributed by atoms with van der Waals surface area (Å²) in [5.74, 6) is -0.465. The van der Waals surface area contributed by atoms with Gasteiger partial charge in [0.25, 0.3) is 0 Å². The van der Waals surface area contributed by atoms with E-state index in [4.69, 9.17) is 5.11 Å². The highest BCUT2D eigenvalue weighted by atomic mass is 16.4. The molecule has 3 rings (SSSR count). The quantitative estimate of drug-likeness (QED) is 0.881. The number of hydrogen-bond donors (Lipinski definition) is 1. The van der Waals surface area contributed by atoms with Crippen molar-refractivity contribution < 1.29 is 9.90 Å². The van der Waals surface area contributed by atoms with Crippen LogP contribution in [-0.2, 0) is 7.05 Å². The Morgan fingerprint density at radius 3 is 2.78 bits per heavy atom. The van der Waals surface area contributed by atoms with Crippen molar-refractivity contribution in [1.82, 2.24) is 14.5 Å². The topological polar surface area (TPSA) is 68.0 Å². The molecule has 1 saturated carbocycles. The van der Waals surface area contributed by atoms with Crippen molar-refractivity contribution in [2.45, 2.75) is 31.6 Å². The number of aromatic nitrogens is 3. The Morgan fingerprint density at radius 2 is 2.11 bits per heavy atom. The van der Waals surface area contributed by atoms with Gasteiger partial charge in [0.15, 0.2) is 0 Å². The fraction of sp³-hybridized carbons (Fsp3) is 0.462. The summed E-state index contributed by atoms with van der Waals surface area (Å²) in [6.45, 7) is 0. The zero-order valence-corrected chi connectivity index (χ0v) is 10.3. The van der Waals surface area contributed by atoms with Crippen LogP contribution >= 0.6 is 0 Å². The zero-order chi connectivity index (χ0) is 12.7. The molecule has 0 aromatic carbocycles. The summed E-state index contributed by atoms with van der Waals surface area (Å²) in [5.41, 5.74) is 2.00. The molecule has 0 atom stereocenters. The van der Waals surface area contributed by atoms with Crippen molar-refractivity contribution in [2.75, 3.05) is 0 Å². The van der Waals surface area contributed by atoms with Gasteiger partial charge >= 0.3 is 5.97 Å². The predicted octanol–water partition coefficient (Wildman–Crippen LogP) is 2.32. The van der Waals surface area contributed by atoms with Crippen LogP contribution in [0.4, 0.5) is 0 Å².